The molecule has 1 aliphatic heterocycles. The van der Waals surface area contributed by atoms with Gasteiger partial charge < -0.3 is 5.11 Å². The van der Waals surface area contributed by atoms with E-state index in [1.807, 2.05) is 0 Å². The molecule has 0 radical (unpaired) electrons. The Morgan fingerprint density at radius 1 is 1.30 bits per heavy atom. The fraction of sp³-hybridized carbons (Fsp3) is 0.389. The number of hydrogen-bond donors (Lipinski definition) is 1. The molecule has 0 aliphatic carbocycles. The fourth-order valence-corrected chi connectivity index (χ4v) is 4.42. The number of carbonyl (C=O) groups is 1. The number of aromatic nitrogens is 2. The van der Waals surface area contributed by atoms with Gasteiger partial charge in [-0.05, 0) is 24.8 Å². The Bertz CT molecular complexity index is 946. The Kier molecular flexibility index (Phi) is 5.54. The van der Waals surface area contributed by atoms with Crippen LogP contribution in [-0.2, 0) is 16.6 Å². The summed E-state index contributed by atoms with van der Waals surface area (Å²) in [5.41, 5.74) is 1.92. The minimum absolute atomic E-state index is 0.152. The SMILES string of the molecule is CN(C)S(=O)(=O)N1CCC(Cc2cncc(-c3ccccc3C(=O)O)n2)C1. The number of rotatable bonds is 6. The molecule has 144 valence electrons. The predicted octanol–water partition coefficient (Wildman–Crippen LogP) is 1.51. The zero-order valence-corrected chi connectivity index (χ0v) is 16.1. The quantitative estimate of drug-likeness (QED) is 0.802. The van der Waals surface area contributed by atoms with Gasteiger partial charge in [0.25, 0.3) is 10.2 Å². The number of aromatic carboxylic acids is 1. The highest BCUT2D eigenvalue weighted by Crippen LogP contribution is 2.25. The van der Waals surface area contributed by atoms with Crippen molar-refractivity contribution in [2.45, 2.75) is 12.8 Å². The molecular weight excluding hydrogens is 368 g/mol. The molecule has 1 aromatic heterocycles. The van der Waals surface area contributed by atoms with Gasteiger partial charge in [-0.25, -0.2) is 9.78 Å². The predicted molar refractivity (Wildman–Crippen MR) is 100 cm³/mol. The second-order valence-corrected chi connectivity index (χ2v) is 8.90. The molecule has 1 N–H and O–H groups in total. The third-order valence-corrected chi connectivity index (χ3v) is 6.56. The topological polar surface area (TPSA) is 104 Å². The minimum Gasteiger partial charge on any atom is -0.478 e. The molecule has 3 rings (SSSR count). The lowest BCUT2D eigenvalue weighted by atomic mass is 10.0. The summed E-state index contributed by atoms with van der Waals surface area (Å²) in [5.74, 6) is -0.864. The molecule has 0 saturated carbocycles. The van der Waals surface area contributed by atoms with Gasteiger partial charge in [0.15, 0.2) is 0 Å². The molecule has 0 bridgehead atoms. The number of carboxylic acids is 1. The van der Waals surface area contributed by atoms with Crippen LogP contribution in [0.15, 0.2) is 36.7 Å². The number of nitrogens with zero attached hydrogens (tertiary/aromatic N) is 4. The second-order valence-electron chi connectivity index (χ2n) is 6.75. The molecule has 1 saturated heterocycles. The molecule has 2 heterocycles. The van der Waals surface area contributed by atoms with E-state index in [4.69, 9.17) is 0 Å². The zero-order chi connectivity index (χ0) is 19.6. The maximum atomic E-state index is 12.2. The molecule has 0 amide bonds. The summed E-state index contributed by atoms with van der Waals surface area (Å²) in [6, 6.07) is 6.67. The van der Waals surface area contributed by atoms with Crippen molar-refractivity contribution in [3.63, 3.8) is 0 Å². The lowest BCUT2D eigenvalue weighted by Gasteiger charge is -2.20. The van der Waals surface area contributed by atoms with Gasteiger partial charge in [-0.3, -0.25) is 4.98 Å². The average Bonchev–Trinajstić information content (AvgIpc) is 3.11. The second kappa shape index (κ2) is 7.71. The van der Waals surface area contributed by atoms with Crippen LogP contribution in [-0.4, -0.2) is 65.3 Å². The number of carboxylic acid groups (broad SMARTS) is 1. The molecule has 1 unspecified atom stereocenters. The highest BCUT2D eigenvalue weighted by molar-refractivity contribution is 7.86. The molecular formula is C18H22N4O4S. The van der Waals surface area contributed by atoms with Crippen molar-refractivity contribution in [1.82, 2.24) is 18.6 Å². The van der Waals surface area contributed by atoms with E-state index in [0.717, 1.165) is 12.1 Å². The Balaban J connectivity index is 1.78. The molecule has 1 atom stereocenters. The molecule has 0 spiro atoms. The van der Waals surface area contributed by atoms with Gasteiger partial charge in [0.1, 0.15) is 0 Å². The van der Waals surface area contributed by atoms with Crippen molar-refractivity contribution in [1.29, 1.82) is 0 Å². The maximum absolute atomic E-state index is 12.2. The number of hydrogen-bond acceptors (Lipinski definition) is 5. The zero-order valence-electron chi connectivity index (χ0n) is 15.2. The van der Waals surface area contributed by atoms with Crippen LogP contribution in [0.1, 0.15) is 22.5 Å². The highest BCUT2D eigenvalue weighted by Gasteiger charge is 2.32. The van der Waals surface area contributed by atoms with Crippen molar-refractivity contribution in [2.75, 3.05) is 27.2 Å². The van der Waals surface area contributed by atoms with E-state index >= 15 is 0 Å². The Morgan fingerprint density at radius 3 is 2.74 bits per heavy atom. The summed E-state index contributed by atoms with van der Waals surface area (Å²) in [6.07, 6.45) is 4.54. The summed E-state index contributed by atoms with van der Waals surface area (Å²) in [5, 5.41) is 9.36. The van der Waals surface area contributed by atoms with Crippen LogP contribution in [0, 0.1) is 5.92 Å². The van der Waals surface area contributed by atoms with Gasteiger partial charge in [0.05, 0.1) is 23.1 Å². The van der Waals surface area contributed by atoms with Crippen molar-refractivity contribution < 1.29 is 18.3 Å². The summed E-state index contributed by atoms with van der Waals surface area (Å²) >= 11 is 0. The average molecular weight is 390 g/mol. The summed E-state index contributed by atoms with van der Waals surface area (Å²) in [7, 11) is -0.352. The summed E-state index contributed by atoms with van der Waals surface area (Å²) in [6.45, 7) is 0.929. The highest BCUT2D eigenvalue weighted by atomic mass is 32.2. The third-order valence-electron chi connectivity index (χ3n) is 4.65. The van der Waals surface area contributed by atoms with Crippen LogP contribution in [0.4, 0.5) is 0 Å². The van der Waals surface area contributed by atoms with Crippen molar-refractivity contribution in [3.8, 4) is 11.3 Å². The van der Waals surface area contributed by atoms with Gasteiger partial charge in [-0.15, -0.1) is 0 Å². The van der Waals surface area contributed by atoms with E-state index in [1.54, 1.807) is 30.6 Å². The monoisotopic (exact) mass is 390 g/mol. The Labute approximate surface area is 158 Å². The van der Waals surface area contributed by atoms with E-state index in [9.17, 15) is 18.3 Å². The molecule has 2 aromatic rings. The Morgan fingerprint density at radius 2 is 2.04 bits per heavy atom. The van der Waals surface area contributed by atoms with Gasteiger partial charge in [-0.2, -0.15) is 17.0 Å². The van der Waals surface area contributed by atoms with Crippen molar-refractivity contribution >= 4 is 16.2 Å². The van der Waals surface area contributed by atoms with Crippen molar-refractivity contribution in [2.24, 2.45) is 5.92 Å². The van der Waals surface area contributed by atoms with E-state index in [2.05, 4.69) is 9.97 Å². The van der Waals surface area contributed by atoms with Crippen LogP contribution in [0.2, 0.25) is 0 Å². The fourth-order valence-electron chi connectivity index (χ4n) is 3.23. The van der Waals surface area contributed by atoms with Crippen LogP contribution in [0.5, 0.6) is 0 Å². The first-order valence-corrected chi connectivity index (χ1v) is 10.00. The lowest BCUT2D eigenvalue weighted by Crippen LogP contribution is -2.38. The van der Waals surface area contributed by atoms with E-state index in [-0.39, 0.29) is 11.5 Å². The van der Waals surface area contributed by atoms with E-state index in [1.165, 1.54) is 28.8 Å². The summed E-state index contributed by atoms with van der Waals surface area (Å²) in [4.78, 5) is 20.2. The molecule has 27 heavy (non-hydrogen) atoms. The first-order chi connectivity index (χ1) is 12.8. The first-order valence-electron chi connectivity index (χ1n) is 8.60. The van der Waals surface area contributed by atoms with Gasteiger partial charge in [0, 0.05) is 38.9 Å². The molecule has 1 fully saturated rings. The number of benzene rings is 1. The van der Waals surface area contributed by atoms with Gasteiger partial charge >= 0.3 is 5.97 Å². The molecule has 1 aromatic carbocycles. The molecule has 9 heteroatoms. The maximum Gasteiger partial charge on any atom is 0.336 e. The lowest BCUT2D eigenvalue weighted by molar-refractivity contribution is 0.0697. The van der Waals surface area contributed by atoms with Crippen molar-refractivity contribution in [3.05, 3.63) is 47.9 Å². The van der Waals surface area contributed by atoms with E-state index in [0.29, 0.717) is 30.8 Å². The van der Waals surface area contributed by atoms with Crippen LogP contribution in [0.25, 0.3) is 11.3 Å². The molecule has 1 aliphatic rings. The summed E-state index contributed by atoms with van der Waals surface area (Å²) < 4.78 is 27.2. The van der Waals surface area contributed by atoms with Crippen LogP contribution >= 0.6 is 0 Å². The molecule has 8 nitrogen and oxygen atoms in total. The van der Waals surface area contributed by atoms with Gasteiger partial charge in [-0.1, -0.05) is 18.2 Å². The van der Waals surface area contributed by atoms with Gasteiger partial charge in [0.2, 0.25) is 0 Å². The standard InChI is InChI=1S/C18H22N4O4S/c1-21(2)27(25,26)22-8-7-13(12-22)9-14-10-19-11-17(20-14)15-5-3-4-6-16(15)18(23)24/h3-6,10-11,13H,7-9,12H2,1-2H3,(H,23,24). The van der Waals surface area contributed by atoms with Crippen LogP contribution < -0.4 is 0 Å². The third kappa shape index (κ3) is 4.15. The first kappa shape index (κ1) is 19.4. The van der Waals surface area contributed by atoms with E-state index < -0.39 is 16.2 Å². The van der Waals surface area contributed by atoms with Crippen LogP contribution in [0.3, 0.4) is 0 Å². The largest absolute Gasteiger partial charge is 0.478 e. The smallest absolute Gasteiger partial charge is 0.336 e. The Hall–Kier alpha value is -2.36. The minimum atomic E-state index is -3.40. The normalized spacial score (nSPS) is 18.1.